The molecule has 0 N–H and O–H groups in total. The molecule has 0 unspecified atom stereocenters. The molecule has 0 aromatic heterocycles. The molecule has 0 bridgehead atoms. The van der Waals surface area contributed by atoms with Crippen molar-refractivity contribution in [1.82, 2.24) is 14.7 Å². The Morgan fingerprint density at radius 1 is 1.33 bits per heavy atom. The van der Waals surface area contributed by atoms with Gasteiger partial charge in [-0.05, 0) is 46.6 Å². The number of hydrogen-bond acceptors (Lipinski definition) is 3. The molecule has 2 heterocycles. The number of carbonyl (C=O) groups is 1. The van der Waals surface area contributed by atoms with Crippen LogP contribution in [0.1, 0.15) is 12.8 Å². The van der Waals surface area contributed by atoms with Crippen molar-refractivity contribution in [2.24, 2.45) is 5.41 Å². The number of nitrogens with zero attached hydrogens (tertiary/aromatic N) is 3. The molecule has 2 aliphatic rings. The smallest absolute Gasteiger partial charge is 0.246 e. The monoisotopic (exact) mass is 251 g/mol. The number of rotatable bonds is 4. The summed E-state index contributed by atoms with van der Waals surface area (Å²) < 4.78 is 0. The number of hydrogen-bond donors (Lipinski definition) is 0. The summed E-state index contributed by atoms with van der Waals surface area (Å²) in [6.45, 7) is 5.24. The zero-order valence-electron chi connectivity index (χ0n) is 11.9. The third-order valence-electron chi connectivity index (χ3n) is 4.00. The normalized spacial score (nSPS) is 23.2. The van der Waals surface area contributed by atoms with E-state index in [0.29, 0.717) is 5.41 Å². The molecule has 2 saturated heterocycles. The van der Waals surface area contributed by atoms with Crippen LogP contribution >= 0.6 is 0 Å². The summed E-state index contributed by atoms with van der Waals surface area (Å²) in [7, 11) is 6.26. The van der Waals surface area contributed by atoms with E-state index in [9.17, 15) is 4.79 Å². The second-order valence-corrected chi connectivity index (χ2v) is 6.18. The topological polar surface area (TPSA) is 26.8 Å². The van der Waals surface area contributed by atoms with Crippen LogP contribution in [-0.2, 0) is 4.79 Å². The van der Waals surface area contributed by atoms with Crippen molar-refractivity contribution in [3.05, 3.63) is 12.2 Å². The minimum Gasteiger partial charge on any atom is -0.338 e. The first-order valence-corrected chi connectivity index (χ1v) is 6.79. The second-order valence-electron chi connectivity index (χ2n) is 6.18. The van der Waals surface area contributed by atoms with Gasteiger partial charge in [-0.25, -0.2) is 0 Å². The first-order valence-electron chi connectivity index (χ1n) is 6.79. The van der Waals surface area contributed by atoms with Gasteiger partial charge in [-0.3, -0.25) is 4.79 Å². The fourth-order valence-electron chi connectivity index (χ4n) is 2.96. The summed E-state index contributed by atoms with van der Waals surface area (Å²) in [5.41, 5.74) is 0.419. The SMILES string of the molecule is CN(C)CC/C=C\C(=O)N1CC2(CCN(C)C2)C1. The van der Waals surface area contributed by atoms with Crippen molar-refractivity contribution < 1.29 is 4.79 Å². The van der Waals surface area contributed by atoms with Crippen molar-refractivity contribution >= 4 is 5.91 Å². The molecule has 102 valence electrons. The van der Waals surface area contributed by atoms with E-state index in [1.807, 2.05) is 25.1 Å². The Bertz CT molecular complexity index is 332. The van der Waals surface area contributed by atoms with Gasteiger partial charge in [-0.1, -0.05) is 6.08 Å². The van der Waals surface area contributed by atoms with E-state index in [1.165, 1.54) is 13.0 Å². The van der Waals surface area contributed by atoms with Gasteiger partial charge in [0.2, 0.25) is 5.91 Å². The molecule has 1 spiro atoms. The highest BCUT2D eigenvalue weighted by atomic mass is 16.2. The summed E-state index contributed by atoms with van der Waals surface area (Å²) in [5, 5.41) is 0. The zero-order chi connectivity index (χ0) is 13.2. The lowest BCUT2D eigenvalue weighted by Gasteiger charge is -2.47. The van der Waals surface area contributed by atoms with Crippen LogP contribution in [0.15, 0.2) is 12.2 Å². The van der Waals surface area contributed by atoms with E-state index in [-0.39, 0.29) is 5.91 Å². The van der Waals surface area contributed by atoms with Crippen LogP contribution in [0.2, 0.25) is 0 Å². The minimum atomic E-state index is 0.189. The Morgan fingerprint density at radius 3 is 2.61 bits per heavy atom. The number of carbonyl (C=O) groups excluding carboxylic acids is 1. The van der Waals surface area contributed by atoms with Crippen molar-refractivity contribution in [3.8, 4) is 0 Å². The zero-order valence-corrected chi connectivity index (χ0v) is 11.9. The molecule has 2 aliphatic heterocycles. The van der Waals surface area contributed by atoms with Crippen molar-refractivity contribution in [1.29, 1.82) is 0 Å². The molecule has 18 heavy (non-hydrogen) atoms. The maximum Gasteiger partial charge on any atom is 0.246 e. The molecule has 0 aliphatic carbocycles. The fraction of sp³-hybridized carbons (Fsp3) is 0.786. The van der Waals surface area contributed by atoms with E-state index >= 15 is 0 Å². The second kappa shape index (κ2) is 5.41. The maximum atomic E-state index is 11.9. The molecular weight excluding hydrogens is 226 g/mol. The van der Waals surface area contributed by atoms with Crippen molar-refractivity contribution in [2.45, 2.75) is 12.8 Å². The Labute approximate surface area is 110 Å². The lowest BCUT2D eigenvalue weighted by molar-refractivity contribution is -0.137. The van der Waals surface area contributed by atoms with Gasteiger partial charge < -0.3 is 14.7 Å². The quantitative estimate of drug-likeness (QED) is 0.687. The Kier molecular flexibility index (Phi) is 4.07. The summed E-state index contributed by atoms with van der Waals surface area (Å²) in [4.78, 5) is 18.4. The molecule has 2 fully saturated rings. The largest absolute Gasteiger partial charge is 0.338 e. The van der Waals surface area contributed by atoms with E-state index in [1.54, 1.807) is 6.08 Å². The van der Waals surface area contributed by atoms with Gasteiger partial charge in [0.05, 0.1) is 0 Å². The van der Waals surface area contributed by atoms with Gasteiger partial charge in [-0.2, -0.15) is 0 Å². The first-order chi connectivity index (χ1) is 8.51. The standard InChI is InChI=1S/C14H25N3O/c1-15(2)8-5-4-6-13(18)17-11-14(12-17)7-9-16(3)10-14/h4,6H,5,7-12H2,1-3H3/b6-4-. The highest BCUT2D eigenvalue weighted by molar-refractivity contribution is 5.88. The summed E-state index contributed by atoms with van der Waals surface area (Å²) in [6.07, 6.45) is 5.93. The average molecular weight is 251 g/mol. The number of amides is 1. The van der Waals surface area contributed by atoms with Gasteiger partial charge in [0.25, 0.3) is 0 Å². The molecule has 2 rings (SSSR count). The Balaban J connectivity index is 1.70. The molecule has 0 saturated carbocycles. The fourth-order valence-corrected chi connectivity index (χ4v) is 2.96. The average Bonchev–Trinajstić information content (AvgIpc) is 2.64. The molecule has 0 radical (unpaired) electrons. The van der Waals surface area contributed by atoms with E-state index < -0.39 is 0 Å². The van der Waals surface area contributed by atoms with Crippen LogP contribution in [0, 0.1) is 5.41 Å². The van der Waals surface area contributed by atoms with Gasteiger partial charge in [0.15, 0.2) is 0 Å². The summed E-state index contributed by atoms with van der Waals surface area (Å²) in [5.74, 6) is 0.189. The van der Waals surface area contributed by atoms with Gasteiger partial charge in [0.1, 0.15) is 0 Å². The van der Waals surface area contributed by atoms with Crippen LogP contribution in [-0.4, -0.2) is 74.5 Å². The van der Waals surface area contributed by atoms with Gasteiger partial charge >= 0.3 is 0 Å². The highest BCUT2D eigenvalue weighted by Gasteiger charge is 2.47. The van der Waals surface area contributed by atoms with Crippen LogP contribution < -0.4 is 0 Å². The van der Waals surface area contributed by atoms with Crippen molar-refractivity contribution in [3.63, 3.8) is 0 Å². The highest BCUT2D eigenvalue weighted by Crippen LogP contribution is 2.38. The molecule has 4 heteroatoms. The maximum absolute atomic E-state index is 11.9. The molecule has 0 aromatic rings. The van der Waals surface area contributed by atoms with E-state index in [4.69, 9.17) is 0 Å². The van der Waals surface area contributed by atoms with Crippen LogP contribution in [0.4, 0.5) is 0 Å². The molecule has 0 atom stereocenters. The molecule has 4 nitrogen and oxygen atoms in total. The predicted octanol–water partition coefficient (Wildman–Crippen LogP) is 0.658. The van der Waals surface area contributed by atoms with E-state index in [0.717, 1.165) is 32.6 Å². The lowest BCUT2D eigenvalue weighted by atomic mass is 9.79. The molecule has 1 amide bonds. The van der Waals surface area contributed by atoms with Crippen molar-refractivity contribution in [2.75, 3.05) is 53.9 Å². The van der Waals surface area contributed by atoms with Crippen LogP contribution in [0.3, 0.4) is 0 Å². The summed E-state index contributed by atoms with van der Waals surface area (Å²) in [6, 6.07) is 0. The first kappa shape index (κ1) is 13.6. The van der Waals surface area contributed by atoms with E-state index in [2.05, 4.69) is 16.8 Å². The van der Waals surface area contributed by atoms with Crippen LogP contribution in [0.5, 0.6) is 0 Å². The lowest BCUT2D eigenvalue weighted by Crippen LogP contribution is -2.59. The predicted molar refractivity (Wildman–Crippen MR) is 73.4 cm³/mol. The minimum absolute atomic E-state index is 0.189. The van der Waals surface area contributed by atoms with Gasteiger partial charge in [0, 0.05) is 31.6 Å². The molecule has 0 aromatic carbocycles. The third-order valence-corrected chi connectivity index (χ3v) is 4.00. The Hall–Kier alpha value is -0.870. The number of likely N-dealkylation sites (tertiary alicyclic amines) is 2. The van der Waals surface area contributed by atoms with Crippen LogP contribution in [0.25, 0.3) is 0 Å². The Morgan fingerprint density at radius 2 is 2.06 bits per heavy atom. The summed E-state index contributed by atoms with van der Waals surface area (Å²) >= 11 is 0. The third kappa shape index (κ3) is 3.12. The molecular formula is C14H25N3O. The van der Waals surface area contributed by atoms with Gasteiger partial charge in [-0.15, -0.1) is 0 Å².